The van der Waals surface area contributed by atoms with E-state index >= 15 is 0 Å². The van der Waals surface area contributed by atoms with Gasteiger partial charge in [-0.15, -0.1) is 0 Å². The number of carbonyl (C=O) groups excluding carboxylic acids is 2. The summed E-state index contributed by atoms with van der Waals surface area (Å²) < 4.78 is 47.9. The number of nitro groups is 1. The zero-order chi connectivity index (χ0) is 19.5. The molecule has 0 bridgehead atoms. The van der Waals surface area contributed by atoms with Gasteiger partial charge in [-0.3, -0.25) is 14.9 Å². The second-order valence-corrected chi connectivity index (χ2v) is 5.09. The number of anilines is 1. The monoisotopic (exact) mass is 392 g/mol. The van der Waals surface area contributed by atoms with E-state index in [0.717, 1.165) is 30.3 Å². The van der Waals surface area contributed by atoms with Gasteiger partial charge in [0.2, 0.25) is 5.76 Å². The number of alkyl halides is 3. The van der Waals surface area contributed by atoms with Crippen molar-refractivity contribution in [1.29, 1.82) is 0 Å². The molecule has 138 valence electrons. The zero-order valence-electron chi connectivity index (χ0n) is 12.5. The van der Waals surface area contributed by atoms with Gasteiger partial charge in [-0.2, -0.15) is 13.2 Å². The van der Waals surface area contributed by atoms with E-state index in [9.17, 15) is 32.9 Å². The molecule has 0 aliphatic heterocycles. The summed E-state index contributed by atoms with van der Waals surface area (Å²) in [6.45, 7) is -0.962. The van der Waals surface area contributed by atoms with Crippen LogP contribution in [0.1, 0.15) is 16.1 Å². The lowest BCUT2D eigenvalue weighted by Crippen LogP contribution is -2.23. The molecule has 1 amide bonds. The van der Waals surface area contributed by atoms with Crippen molar-refractivity contribution < 1.29 is 36.8 Å². The molecule has 0 saturated heterocycles. The predicted molar refractivity (Wildman–Crippen MR) is 80.7 cm³/mol. The molecule has 12 heteroatoms. The van der Waals surface area contributed by atoms with Crippen molar-refractivity contribution in [3.8, 4) is 0 Å². The Morgan fingerprint density at radius 3 is 2.54 bits per heavy atom. The molecule has 0 aliphatic rings. The maximum absolute atomic E-state index is 12.9. The SMILES string of the molecule is O=C(COC(=O)c1ccc([N+](=O)[O-])o1)Nc1c(Cl)cccc1C(F)(F)F. The Morgan fingerprint density at radius 2 is 1.96 bits per heavy atom. The topological polar surface area (TPSA) is 112 Å². The van der Waals surface area contributed by atoms with E-state index in [1.807, 2.05) is 5.32 Å². The maximum Gasteiger partial charge on any atom is 0.433 e. The number of benzene rings is 1. The van der Waals surface area contributed by atoms with Gasteiger partial charge in [0.1, 0.15) is 4.92 Å². The van der Waals surface area contributed by atoms with Gasteiger partial charge >= 0.3 is 18.0 Å². The number of halogens is 4. The number of hydrogen-bond donors (Lipinski definition) is 1. The molecule has 0 spiro atoms. The van der Waals surface area contributed by atoms with E-state index in [1.54, 1.807) is 0 Å². The fraction of sp³-hybridized carbons (Fsp3) is 0.143. The van der Waals surface area contributed by atoms with Crippen LogP contribution in [-0.4, -0.2) is 23.4 Å². The number of nitrogens with one attached hydrogen (secondary N) is 1. The smallest absolute Gasteiger partial charge is 0.433 e. The minimum atomic E-state index is -4.77. The maximum atomic E-state index is 12.9. The van der Waals surface area contributed by atoms with E-state index in [1.165, 1.54) is 0 Å². The molecule has 2 aromatic rings. The van der Waals surface area contributed by atoms with Crippen molar-refractivity contribution >= 4 is 35.0 Å². The van der Waals surface area contributed by atoms with E-state index in [0.29, 0.717) is 0 Å². The summed E-state index contributed by atoms with van der Waals surface area (Å²) in [5.41, 5.74) is -1.86. The van der Waals surface area contributed by atoms with Gasteiger partial charge in [0.15, 0.2) is 6.61 Å². The molecular formula is C14H8ClF3N2O6. The normalized spacial score (nSPS) is 11.1. The molecule has 0 aliphatic carbocycles. The highest BCUT2D eigenvalue weighted by molar-refractivity contribution is 6.34. The van der Waals surface area contributed by atoms with Crippen LogP contribution in [0.2, 0.25) is 5.02 Å². The van der Waals surface area contributed by atoms with Crippen LogP contribution in [0.3, 0.4) is 0 Å². The van der Waals surface area contributed by atoms with Crippen molar-refractivity contribution in [2.75, 3.05) is 11.9 Å². The second-order valence-electron chi connectivity index (χ2n) is 4.68. The van der Waals surface area contributed by atoms with Gasteiger partial charge < -0.3 is 14.5 Å². The van der Waals surface area contributed by atoms with E-state index in [2.05, 4.69) is 9.15 Å². The largest absolute Gasteiger partial charge is 0.450 e. The van der Waals surface area contributed by atoms with E-state index in [-0.39, 0.29) is 5.02 Å². The first-order valence-corrected chi connectivity index (χ1v) is 7.04. The summed E-state index contributed by atoms with van der Waals surface area (Å²) in [6, 6.07) is 4.77. The van der Waals surface area contributed by atoms with Crippen LogP contribution in [0.15, 0.2) is 34.7 Å². The third kappa shape index (κ3) is 4.51. The quantitative estimate of drug-likeness (QED) is 0.472. The standard InChI is InChI=1S/C14H8ClF3N2O6/c15-8-3-1-2-7(14(16,17)18)12(8)19-10(21)6-25-13(22)9-4-5-11(26-9)20(23)24/h1-5H,6H2,(H,19,21). The summed E-state index contributed by atoms with van der Waals surface area (Å²) >= 11 is 5.67. The zero-order valence-corrected chi connectivity index (χ0v) is 13.3. The van der Waals surface area contributed by atoms with Crippen LogP contribution in [0.4, 0.5) is 24.7 Å². The fourth-order valence-electron chi connectivity index (χ4n) is 1.80. The number of para-hydroxylation sites is 1. The molecule has 2 rings (SSSR count). The van der Waals surface area contributed by atoms with Crippen molar-refractivity contribution in [2.45, 2.75) is 6.18 Å². The second kappa shape index (κ2) is 7.44. The molecule has 8 nitrogen and oxygen atoms in total. The molecule has 1 heterocycles. The van der Waals surface area contributed by atoms with Crippen molar-refractivity contribution in [2.24, 2.45) is 0 Å². The Bertz CT molecular complexity index is 865. The number of carbonyl (C=O) groups is 2. The number of amides is 1. The van der Waals surface area contributed by atoms with Gasteiger partial charge in [0.25, 0.3) is 5.91 Å². The van der Waals surface area contributed by atoms with Crippen molar-refractivity contribution in [3.63, 3.8) is 0 Å². The number of esters is 1. The van der Waals surface area contributed by atoms with Crippen LogP contribution < -0.4 is 5.32 Å². The Kier molecular flexibility index (Phi) is 5.50. The third-order valence-electron chi connectivity index (χ3n) is 2.89. The summed E-state index contributed by atoms with van der Waals surface area (Å²) in [5, 5.41) is 12.0. The molecule has 26 heavy (non-hydrogen) atoms. The number of ether oxygens (including phenoxy) is 1. The van der Waals surface area contributed by atoms with E-state index in [4.69, 9.17) is 11.6 Å². The predicted octanol–water partition coefficient (Wildman–Crippen LogP) is 3.66. The Labute approximate surface area is 147 Å². The first-order chi connectivity index (χ1) is 12.1. The van der Waals surface area contributed by atoms with Gasteiger partial charge in [0, 0.05) is 0 Å². The summed E-state index contributed by atoms with van der Waals surface area (Å²) in [5.74, 6) is -3.56. The average Bonchev–Trinajstić information content (AvgIpc) is 3.04. The summed E-state index contributed by atoms with van der Waals surface area (Å²) in [4.78, 5) is 32.9. The first-order valence-electron chi connectivity index (χ1n) is 6.66. The molecule has 0 fully saturated rings. The lowest BCUT2D eigenvalue weighted by atomic mass is 10.1. The van der Waals surface area contributed by atoms with Gasteiger partial charge in [-0.25, -0.2) is 4.79 Å². The minimum Gasteiger partial charge on any atom is -0.450 e. The molecule has 1 aromatic carbocycles. The van der Waals surface area contributed by atoms with Crippen LogP contribution in [0.25, 0.3) is 0 Å². The molecule has 0 atom stereocenters. The number of furan rings is 1. The summed E-state index contributed by atoms with van der Waals surface area (Å²) in [7, 11) is 0. The first kappa shape index (κ1) is 19.2. The van der Waals surface area contributed by atoms with Crippen molar-refractivity contribution in [1.82, 2.24) is 0 Å². The highest BCUT2D eigenvalue weighted by Gasteiger charge is 2.34. The minimum absolute atomic E-state index is 0.360. The number of hydrogen-bond acceptors (Lipinski definition) is 6. The van der Waals surface area contributed by atoms with Gasteiger partial charge in [0.05, 0.1) is 22.3 Å². The third-order valence-corrected chi connectivity index (χ3v) is 3.21. The van der Waals surface area contributed by atoms with E-state index < -0.39 is 52.5 Å². The Balaban J connectivity index is 2.03. The van der Waals surface area contributed by atoms with Crippen LogP contribution in [0, 0.1) is 10.1 Å². The van der Waals surface area contributed by atoms with Gasteiger partial charge in [-0.05, 0) is 18.2 Å². The number of nitrogens with zero attached hydrogens (tertiary/aromatic N) is 1. The highest BCUT2D eigenvalue weighted by atomic mass is 35.5. The Morgan fingerprint density at radius 1 is 1.27 bits per heavy atom. The average molecular weight is 393 g/mol. The van der Waals surface area contributed by atoms with Gasteiger partial charge in [-0.1, -0.05) is 17.7 Å². The lowest BCUT2D eigenvalue weighted by Gasteiger charge is -2.15. The molecule has 0 radical (unpaired) electrons. The highest BCUT2D eigenvalue weighted by Crippen LogP contribution is 2.38. The molecule has 1 N–H and O–H groups in total. The Hall–Kier alpha value is -3.08. The molecular weight excluding hydrogens is 385 g/mol. The van der Waals surface area contributed by atoms with Crippen LogP contribution in [0.5, 0.6) is 0 Å². The van der Waals surface area contributed by atoms with Crippen LogP contribution >= 0.6 is 11.6 Å². The molecule has 1 aromatic heterocycles. The van der Waals surface area contributed by atoms with Crippen LogP contribution in [-0.2, 0) is 15.7 Å². The summed E-state index contributed by atoms with van der Waals surface area (Å²) in [6.07, 6.45) is -4.77. The molecule has 0 saturated carbocycles. The fourth-order valence-corrected chi connectivity index (χ4v) is 2.02. The number of rotatable bonds is 5. The lowest BCUT2D eigenvalue weighted by molar-refractivity contribution is -0.402. The molecule has 0 unspecified atom stereocenters. The van der Waals surface area contributed by atoms with Crippen molar-refractivity contribution in [3.05, 3.63) is 56.8 Å².